The van der Waals surface area contributed by atoms with Crippen molar-refractivity contribution in [1.29, 1.82) is 0 Å². The van der Waals surface area contributed by atoms with Gasteiger partial charge in [0.25, 0.3) is 0 Å². The molecule has 0 fully saturated rings. The summed E-state index contributed by atoms with van der Waals surface area (Å²) in [7, 11) is 0. The predicted molar refractivity (Wildman–Crippen MR) is 73.4 cm³/mol. The molecule has 0 saturated carbocycles. The van der Waals surface area contributed by atoms with Gasteiger partial charge in [-0.25, -0.2) is 0 Å². The van der Waals surface area contributed by atoms with E-state index in [1.54, 1.807) is 6.20 Å². The number of benzene rings is 1. The smallest absolute Gasteiger partial charge is 0.231 e. The molecule has 3 rings (SSSR count). The lowest BCUT2D eigenvalue weighted by Gasteiger charge is -2.13. The van der Waals surface area contributed by atoms with Crippen molar-refractivity contribution in [2.45, 2.75) is 19.9 Å². The molecule has 0 saturated heterocycles. The van der Waals surface area contributed by atoms with Crippen LogP contribution in [-0.4, -0.2) is 16.5 Å². The monoisotopic (exact) mass is 273 g/mol. The van der Waals surface area contributed by atoms with Gasteiger partial charge in [-0.2, -0.15) is 0 Å². The van der Waals surface area contributed by atoms with Gasteiger partial charge in [-0.3, -0.25) is 4.79 Å². The first kappa shape index (κ1) is 12.6. The summed E-state index contributed by atoms with van der Waals surface area (Å²) in [5.74, 6) is 1.30. The number of rotatable bonds is 3. The second-order valence-corrected chi connectivity index (χ2v) is 4.64. The minimum atomic E-state index is -0.344. The highest BCUT2D eigenvalue weighted by atomic mass is 16.7. The third-order valence-electron chi connectivity index (χ3n) is 3.38. The molecule has 0 aliphatic carbocycles. The molecule has 0 unspecified atom stereocenters. The standard InChI is InChI=1S/C15H15NO4/c1-2-11-15(18)12(17)5-6-16(11)8-10-3-4-13-14(7-10)20-9-19-13/h3-7,18H,2,8-9H2,1H3. The molecule has 1 aliphatic heterocycles. The van der Waals surface area contributed by atoms with Crippen molar-refractivity contribution in [2.24, 2.45) is 0 Å². The van der Waals surface area contributed by atoms with Gasteiger partial charge in [0.2, 0.25) is 12.2 Å². The predicted octanol–water partition coefficient (Wildman–Crippen LogP) is 1.89. The Morgan fingerprint density at radius 3 is 2.85 bits per heavy atom. The van der Waals surface area contributed by atoms with Gasteiger partial charge in [0.1, 0.15) is 0 Å². The van der Waals surface area contributed by atoms with Crippen LogP contribution in [0.4, 0.5) is 0 Å². The lowest BCUT2D eigenvalue weighted by Crippen LogP contribution is -2.12. The summed E-state index contributed by atoms with van der Waals surface area (Å²) in [6.45, 7) is 2.72. The molecule has 1 aromatic heterocycles. The van der Waals surface area contributed by atoms with E-state index < -0.39 is 0 Å². The number of pyridine rings is 1. The van der Waals surface area contributed by atoms with Gasteiger partial charge in [0.15, 0.2) is 17.2 Å². The van der Waals surface area contributed by atoms with Crippen LogP contribution >= 0.6 is 0 Å². The molecule has 0 amide bonds. The highest BCUT2D eigenvalue weighted by Gasteiger charge is 2.14. The number of fused-ring (bicyclic) bond motifs is 1. The molecule has 1 N–H and O–H groups in total. The maximum absolute atomic E-state index is 11.5. The molecular formula is C15H15NO4. The molecule has 0 radical (unpaired) electrons. The topological polar surface area (TPSA) is 60.7 Å². The van der Waals surface area contributed by atoms with Gasteiger partial charge in [0.05, 0.1) is 5.69 Å². The van der Waals surface area contributed by atoms with Crippen LogP contribution in [0, 0.1) is 0 Å². The Kier molecular flexibility index (Phi) is 3.10. The number of hydrogen-bond acceptors (Lipinski definition) is 4. The first-order valence-corrected chi connectivity index (χ1v) is 6.49. The molecule has 0 bridgehead atoms. The van der Waals surface area contributed by atoms with Crippen molar-refractivity contribution in [3.63, 3.8) is 0 Å². The Morgan fingerprint density at radius 2 is 2.05 bits per heavy atom. The van der Waals surface area contributed by atoms with E-state index in [0.29, 0.717) is 18.7 Å². The largest absolute Gasteiger partial charge is 0.503 e. The van der Waals surface area contributed by atoms with E-state index in [4.69, 9.17) is 9.47 Å². The van der Waals surface area contributed by atoms with Crippen LogP contribution < -0.4 is 14.9 Å². The highest BCUT2D eigenvalue weighted by Crippen LogP contribution is 2.32. The van der Waals surface area contributed by atoms with Crippen LogP contribution in [0.25, 0.3) is 0 Å². The van der Waals surface area contributed by atoms with Crippen LogP contribution in [0.1, 0.15) is 18.2 Å². The molecule has 2 heterocycles. The second-order valence-electron chi connectivity index (χ2n) is 4.64. The van der Waals surface area contributed by atoms with Crippen LogP contribution in [0.3, 0.4) is 0 Å². The third kappa shape index (κ3) is 2.11. The van der Waals surface area contributed by atoms with E-state index in [1.165, 1.54) is 6.07 Å². The van der Waals surface area contributed by atoms with Gasteiger partial charge >= 0.3 is 0 Å². The van der Waals surface area contributed by atoms with Crippen LogP contribution in [0.5, 0.6) is 17.2 Å². The summed E-state index contributed by atoms with van der Waals surface area (Å²) in [5, 5.41) is 9.83. The molecule has 0 spiro atoms. The summed E-state index contributed by atoms with van der Waals surface area (Å²) in [4.78, 5) is 11.5. The van der Waals surface area contributed by atoms with E-state index in [-0.39, 0.29) is 18.0 Å². The van der Waals surface area contributed by atoms with Crippen molar-refractivity contribution in [3.8, 4) is 17.2 Å². The fourth-order valence-corrected chi connectivity index (χ4v) is 2.36. The number of aromatic nitrogens is 1. The maximum atomic E-state index is 11.5. The van der Waals surface area contributed by atoms with Crippen LogP contribution in [0.15, 0.2) is 35.3 Å². The molecule has 0 atom stereocenters. The first-order valence-electron chi connectivity index (χ1n) is 6.49. The summed E-state index contributed by atoms with van der Waals surface area (Å²) in [5.41, 5.74) is 1.31. The van der Waals surface area contributed by atoms with Gasteiger partial charge < -0.3 is 19.1 Å². The van der Waals surface area contributed by atoms with Crippen molar-refractivity contribution < 1.29 is 14.6 Å². The number of aromatic hydroxyl groups is 1. The average molecular weight is 273 g/mol. The van der Waals surface area contributed by atoms with Gasteiger partial charge in [-0.05, 0) is 24.1 Å². The number of ether oxygens (including phenoxy) is 2. The van der Waals surface area contributed by atoms with Crippen molar-refractivity contribution in [3.05, 3.63) is 51.9 Å². The molecular weight excluding hydrogens is 258 g/mol. The van der Waals surface area contributed by atoms with Crippen LogP contribution in [-0.2, 0) is 13.0 Å². The molecule has 2 aromatic rings. The van der Waals surface area contributed by atoms with E-state index >= 15 is 0 Å². The van der Waals surface area contributed by atoms with Crippen molar-refractivity contribution in [1.82, 2.24) is 4.57 Å². The molecule has 1 aliphatic rings. The zero-order chi connectivity index (χ0) is 14.1. The van der Waals surface area contributed by atoms with Crippen molar-refractivity contribution in [2.75, 3.05) is 6.79 Å². The zero-order valence-electron chi connectivity index (χ0n) is 11.1. The highest BCUT2D eigenvalue weighted by molar-refractivity contribution is 5.44. The van der Waals surface area contributed by atoms with Crippen LogP contribution in [0.2, 0.25) is 0 Å². The molecule has 5 nitrogen and oxygen atoms in total. The summed E-state index contributed by atoms with van der Waals surface area (Å²) < 4.78 is 12.5. The van der Waals surface area contributed by atoms with Gasteiger partial charge in [-0.1, -0.05) is 13.0 Å². The molecule has 1 aromatic carbocycles. The molecule has 5 heteroatoms. The number of hydrogen-bond donors (Lipinski definition) is 1. The van der Waals surface area contributed by atoms with E-state index in [2.05, 4.69) is 0 Å². The summed E-state index contributed by atoms with van der Waals surface area (Å²) >= 11 is 0. The Hall–Kier alpha value is -2.43. The minimum absolute atomic E-state index is 0.171. The fraction of sp³-hybridized carbons (Fsp3) is 0.267. The Labute approximate surface area is 116 Å². The third-order valence-corrected chi connectivity index (χ3v) is 3.38. The maximum Gasteiger partial charge on any atom is 0.231 e. The molecule has 104 valence electrons. The zero-order valence-corrected chi connectivity index (χ0v) is 11.1. The van der Waals surface area contributed by atoms with E-state index in [0.717, 1.165) is 17.1 Å². The SMILES string of the molecule is CCc1c(O)c(=O)ccn1Cc1ccc2c(c1)OCO2. The summed E-state index contributed by atoms with van der Waals surface area (Å²) in [6.07, 6.45) is 2.29. The van der Waals surface area contributed by atoms with E-state index in [9.17, 15) is 9.90 Å². The Morgan fingerprint density at radius 1 is 1.25 bits per heavy atom. The normalized spacial score (nSPS) is 12.7. The lowest BCUT2D eigenvalue weighted by molar-refractivity contribution is 0.174. The Bertz CT molecular complexity index is 706. The lowest BCUT2D eigenvalue weighted by atomic mass is 10.1. The van der Waals surface area contributed by atoms with Gasteiger partial charge in [-0.15, -0.1) is 0 Å². The van der Waals surface area contributed by atoms with Gasteiger partial charge in [0, 0.05) is 18.8 Å². The number of nitrogens with zero attached hydrogens (tertiary/aromatic N) is 1. The average Bonchev–Trinajstić information content (AvgIpc) is 2.91. The van der Waals surface area contributed by atoms with E-state index in [1.807, 2.05) is 29.7 Å². The minimum Gasteiger partial charge on any atom is -0.503 e. The quantitative estimate of drug-likeness (QED) is 0.927. The Balaban J connectivity index is 1.95. The van der Waals surface area contributed by atoms with Crippen molar-refractivity contribution >= 4 is 0 Å². The molecule has 20 heavy (non-hydrogen) atoms. The fourth-order valence-electron chi connectivity index (χ4n) is 2.36. The summed E-state index contributed by atoms with van der Waals surface area (Å²) in [6, 6.07) is 7.10. The first-order chi connectivity index (χ1) is 9.69. The second kappa shape index (κ2) is 4.92.